The first-order valence-electron chi connectivity index (χ1n) is 4.75. The topological polar surface area (TPSA) is 63.8 Å². The van der Waals surface area contributed by atoms with E-state index in [0.717, 1.165) is 25.2 Å². The monoisotopic (exact) mass is 190 g/mol. The van der Waals surface area contributed by atoms with Gasteiger partial charge in [0.15, 0.2) is 0 Å². The molecular weight excluding hydrogens is 176 g/mol. The van der Waals surface area contributed by atoms with Crippen LogP contribution in [0.25, 0.3) is 5.57 Å². The van der Waals surface area contributed by atoms with Crippen molar-refractivity contribution in [1.82, 2.24) is 15.5 Å². The van der Waals surface area contributed by atoms with Crippen LogP contribution < -0.4 is 11.1 Å². The highest BCUT2D eigenvalue weighted by Gasteiger charge is 2.12. The van der Waals surface area contributed by atoms with Gasteiger partial charge in [0.25, 0.3) is 0 Å². The number of anilines is 1. The lowest BCUT2D eigenvalue weighted by atomic mass is 10.00. The molecule has 1 aliphatic heterocycles. The molecule has 0 unspecified atom stereocenters. The third kappa shape index (κ3) is 1.75. The zero-order chi connectivity index (χ0) is 9.97. The second-order valence-corrected chi connectivity index (χ2v) is 3.56. The average molecular weight is 190 g/mol. The highest BCUT2D eigenvalue weighted by atomic mass is 15.1. The first-order valence-corrected chi connectivity index (χ1v) is 4.75. The summed E-state index contributed by atoms with van der Waals surface area (Å²) < 4.78 is 0. The van der Waals surface area contributed by atoms with Gasteiger partial charge in [-0.25, -0.2) is 0 Å². The van der Waals surface area contributed by atoms with Crippen LogP contribution >= 0.6 is 0 Å². The van der Waals surface area contributed by atoms with Crippen molar-refractivity contribution in [1.29, 1.82) is 0 Å². The molecule has 0 spiro atoms. The maximum absolute atomic E-state index is 5.67. The maximum Gasteiger partial charge on any atom is 0.0922 e. The Hall–Kier alpha value is -1.42. The third-order valence-electron chi connectivity index (χ3n) is 2.48. The Morgan fingerprint density at radius 3 is 3.07 bits per heavy atom. The van der Waals surface area contributed by atoms with Gasteiger partial charge in [0.1, 0.15) is 0 Å². The lowest BCUT2D eigenvalue weighted by Gasteiger charge is -2.18. The van der Waals surface area contributed by atoms with E-state index in [-0.39, 0.29) is 0 Å². The van der Waals surface area contributed by atoms with E-state index < -0.39 is 0 Å². The molecule has 4 heteroatoms. The molecule has 14 heavy (non-hydrogen) atoms. The predicted octanol–water partition coefficient (Wildman–Crippen LogP) is 0.826. The van der Waals surface area contributed by atoms with Crippen LogP contribution in [0.3, 0.4) is 0 Å². The van der Waals surface area contributed by atoms with E-state index >= 15 is 0 Å². The molecule has 74 valence electrons. The van der Waals surface area contributed by atoms with Gasteiger partial charge in [-0.05, 0) is 31.5 Å². The quantitative estimate of drug-likeness (QED) is 0.688. The highest BCUT2D eigenvalue weighted by Crippen LogP contribution is 2.21. The molecule has 1 aliphatic rings. The number of hydrogen-bond donors (Lipinski definition) is 2. The van der Waals surface area contributed by atoms with E-state index in [4.69, 9.17) is 5.73 Å². The fourth-order valence-corrected chi connectivity index (χ4v) is 1.63. The van der Waals surface area contributed by atoms with Crippen LogP contribution in [0.15, 0.2) is 17.8 Å². The van der Waals surface area contributed by atoms with E-state index in [0.29, 0.717) is 5.69 Å². The number of aromatic nitrogens is 2. The summed E-state index contributed by atoms with van der Waals surface area (Å²) in [6.45, 7) is 4.05. The normalized spacial score (nSPS) is 17.2. The van der Waals surface area contributed by atoms with Crippen LogP contribution in [0, 0.1) is 0 Å². The van der Waals surface area contributed by atoms with Gasteiger partial charge in [-0.3, -0.25) is 0 Å². The molecule has 2 heterocycles. The molecule has 3 N–H and O–H groups in total. The summed E-state index contributed by atoms with van der Waals surface area (Å²) in [5, 5.41) is 11.3. The lowest BCUT2D eigenvalue weighted by Crippen LogP contribution is -2.24. The van der Waals surface area contributed by atoms with Crippen LogP contribution in [0.2, 0.25) is 0 Å². The van der Waals surface area contributed by atoms with Gasteiger partial charge in [-0.1, -0.05) is 5.57 Å². The Bertz CT molecular complexity index is 370. The number of hydrogen-bond acceptors (Lipinski definition) is 4. The van der Waals surface area contributed by atoms with E-state index in [9.17, 15) is 0 Å². The summed E-state index contributed by atoms with van der Waals surface area (Å²) in [6, 6.07) is 1.87. The summed E-state index contributed by atoms with van der Waals surface area (Å²) in [5.74, 6) is 0. The minimum Gasteiger partial charge on any atom is -0.397 e. The second-order valence-electron chi connectivity index (χ2n) is 3.56. The van der Waals surface area contributed by atoms with Crippen LogP contribution in [0.1, 0.15) is 19.0 Å². The molecule has 4 nitrogen and oxygen atoms in total. The summed E-state index contributed by atoms with van der Waals surface area (Å²) in [7, 11) is 0. The number of rotatable bonds is 1. The van der Waals surface area contributed by atoms with Crippen LogP contribution in [0.4, 0.5) is 5.69 Å². The third-order valence-corrected chi connectivity index (χ3v) is 2.48. The van der Waals surface area contributed by atoms with Gasteiger partial charge in [0.2, 0.25) is 0 Å². The lowest BCUT2D eigenvalue weighted by molar-refractivity contribution is 0.712. The van der Waals surface area contributed by atoms with Gasteiger partial charge in [-0.15, -0.1) is 0 Å². The summed E-state index contributed by atoms with van der Waals surface area (Å²) in [6.07, 6.45) is 2.64. The first-order chi connectivity index (χ1) is 6.77. The van der Waals surface area contributed by atoms with E-state index in [1.54, 1.807) is 6.20 Å². The van der Waals surface area contributed by atoms with Crippen LogP contribution in [-0.4, -0.2) is 23.3 Å². The van der Waals surface area contributed by atoms with Crippen molar-refractivity contribution in [2.24, 2.45) is 0 Å². The van der Waals surface area contributed by atoms with Gasteiger partial charge in [-0.2, -0.15) is 10.2 Å². The van der Waals surface area contributed by atoms with Crippen molar-refractivity contribution >= 4 is 11.3 Å². The average Bonchev–Trinajstić information content (AvgIpc) is 2.18. The van der Waals surface area contributed by atoms with Gasteiger partial charge >= 0.3 is 0 Å². The molecule has 1 aromatic rings. The second kappa shape index (κ2) is 3.75. The molecule has 0 amide bonds. The zero-order valence-electron chi connectivity index (χ0n) is 8.25. The van der Waals surface area contributed by atoms with Crippen LogP contribution in [-0.2, 0) is 0 Å². The number of nitrogens with two attached hydrogens (primary N) is 1. The maximum atomic E-state index is 5.67. The van der Waals surface area contributed by atoms with E-state index in [1.807, 2.05) is 6.07 Å². The highest BCUT2D eigenvalue weighted by molar-refractivity contribution is 5.69. The SMILES string of the molecule is CC1=C(c2cc(N)cnn2)CNCC1. The molecule has 0 radical (unpaired) electrons. The predicted molar refractivity (Wildman–Crippen MR) is 56.5 cm³/mol. The summed E-state index contributed by atoms with van der Waals surface area (Å²) >= 11 is 0. The Balaban J connectivity index is 2.38. The molecule has 1 aromatic heterocycles. The molecule has 0 atom stereocenters. The number of nitrogens with one attached hydrogen (secondary N) is 1. The smallest absolute Gasteiger partial charge is 0.0922 e. The standard InChI is InChI=1S/C10H14N4/c1-7-2-3-12-6-9(7)10-4-8(11)5-13-14-10/h4-5,12H,2-3,6H2,1H3,(H2,11,14). The Morgan fingerprint density at radius 1 is 1.50 bits per heavy atom. The van der Waals surface area contributed by atoms with Gasteiger partial charge in [0, 0.05) is 6.54 Å². The minimum absolute atomic E-state index is 0.667. The minimum atomic E-state index is 0.667. The summed E-state index contributed by atoms with van der Waals surface area (Å²) in [4.78, 5) is 0. The first kappa shape index (κ1) is 9.15. The Morgan fingerprint density at radius 2 is 2.36 bits per heavy atom. The van der Waals surface area contributed by atoms with Crippen LogP contribution in [0.5, 0.6) is 0 Å². The van der Waals surface area contributed by atoms with Crippen molar-refractivity contribution in [3.05, 3.63) is 23.5 Å². The van der Waals surface area contributed by atoms with Crippen molar-refractivity contribution < 1.29 is 0 Å². The molecule has 0 bridgehead atoms. The Kier molecular flexibility index (Phi) is 2.45. The molecule has 2 rings (SSSR count). The fraction of sp³-hybridized carbons (Fsp3) is 0.400. The van der Waals surface area contributed by atoms with Gasteiger partial charge < -0.3 is 11.1 Å². The van der Waals surface area contributed by atoms with Crippen molar-refractivity contribution in [2.45, 2.75) is 13.3 Å². The molecule has 0 fully saturated rings. The number of nitrogens with zero attached hydrogens (tertiary/aromatic N) is 2. The van der Waals surface area contributed by atoms with E-state index in [2.05, 4.69) is 22.4 Å². The van der Waals surface area contributed by atoms with Crippen molar-refractivity contribution in [3.63, 3.8) is 0 Å². The molecule has 0 aliphatic carbocycles. The number of nitrogen functional groups attached to an aromatic ring is 1. The molecule has 0 saturated carbocycles. The molecule has 0 aromatic carbocycles. The van der Waals surface area contributed by atoms with Crippen molar-refractivity contribution in [3.8, 4) is 0 Å². The van der Waals surface area contributed by atoms with Gasteiger partial charge in [0.05, 0.1) is 17.6 Å². The summed E-state index contributed by atoms with van der Waals surface area (Å²) in [5.41, 5.74) is 9.84. The van der Waals surface area contributed by atoms with E-state index in [1.165, 1.54) is 11.1 Å². The molecule has 0 saturated heterocycles. The molecular formula is C10H14N4. The fourth-order valence-electron chi connectivity index (χ4n) is 1.63. The van der Waals surface area contributed by atoms with Crippen molar-refractivity contribution in [2.75, 3.05) is 18.8 Å². The largest absolute Gasteiger partial charge is 0.397 e. The zero-order valence-corrected chi connectivity index (χ0v) is 8.25. The Labute approximate surface area is 83.2 Å².